The largest absolute Gasteiger partial charge is 0.306 e. The molecule has 0 bridgehead atoms. The first-order valence-corrected chi connectivity index (χ1v) is 4.83. The molecule has 1 aliphatic heterocycles. The molecule has 0 atom stereocenters. The van der Waals surface area contributed by atoms with E-state index in [1.54, 1.807) is 0 Å². The van der Waals surface area contributed by atoms with Crippen LogP contribution >= 0.6 is 0 Å². The Morgan fingerprint density at radius 1 is 1.54 bits per heavy atom. The summed E-state index contributed by atoms with van der Waals surface area (Å²) >= 11 is 0. The lowest BCUT2D eigenvalue weighted by Gasteiger charge is -2.41. The molecule has 0 spiro atoms. The Labute approximate surface area is 81.9 Å². The smallest absolute Gasteiger partial charge is 0.0763 e. The van der Waals surface area contributed by atoms with E-state index in [0.717, 1.165) is 12.5 Å². The van der Waals surface area contributed by atoms with Crippen LogP contribution in [-0.4, -0.2) is 49.1 Å². The minimum atomic E-state index is -0.103. The van der Waals surface area contributed by atoms with Crippen LogP contribution in [0.1, 0.15) is 13.8 Å². The fourth-order valence-electron chi connectivity index (χ4n) is 1.67. The molecule has 0 aromatic carbocycles. The second kappa shape index (κ2) is 3.69. The van der Waals surface area contributed by atoms with Gasteiger partial charge in [0.2, 0.25) is 0 Å². The molecule has 0 amide bonds. The fourth-order valence-corrected chi connectivity index (χ4v) is 1.67. The molecule has 0 aliphatic carbocycles. The molecule has 2 heteroatoms. The Morgan fingerprint density at radius 2 is 2.08 bits per heavy atom. The van der Waals surface area contributed by atoms with E-state index in [1.807, 2.05) is 0 Å². The molecule has 1 saturated heterocycles. The van der Waals surface area contributed by atoms with Gasteiger partial charge in [-0.3, -0.25) is 4.90 Å². The van der Waals surface area contributed by atoms with Gasteiger partial charge in [0.15, 0.2) is 0 Å². The van der Waals surface area contributed by atoms with Crippen LogP contribution in [0.3, 0.4) is 0 Å². The number of hydrogen-bond donors (Lipinski definition) is 0. The zero-order valence-electron chi connectivity index (χ0n) is 9.17. The second-order valence-electron chi connectivity index (χ2n) is 4.67. The standard InChI is InChI=1S/C11H20N2/c1-6-11(2,3)13(5)9-10-7-12(4)8-10/h1,10H,7-9H2,2-5H3. The van der Waals surface area contributed by atoms with Crippen molar-refractivity contribution in [1.29, 1.82) is 0 Å². The molecule has 1 rings (SSSR count). The third kappa shape index (κ3) is 2.46. The van der Waals surface area contributed by atoms with Gasteiger partial charge in [0, 0.05) is 19.6 Å². The lowest BCUT2D eigenvalue weighted by molar-refractivity contribution is 0.0766. The highest BCUT2D eigenvalue weighted by Gasteiger charge is 2.28. The van der Waals surface area contributed by atoms with Gasteiger partial charge in [-0.25, -0.2) is 0 Å². The summed E-state index contributed by atoms with van der Waals surface area (Å²) in [6.07, 6.45) is 5.47. The Morgan fingerprint density at radius 3 is 2.46 bits per heavy atom. The summed E-state index contributed by atoms with van der Waals surface area (Å²) in [4.78, 5) is 4.60. The Hall–Kier alpha value is -0.520. The molecule has 0 aromatic heterocycles. The van der Waals surface area contributed by atoms with Gasteiger partial charge in [-0.05, 0) is 33.9 Å². The number of likely N-dealkylation sites (tertiary alicyclic amines) is 1. The van der Waals surface area contributed by atoms with Gasteiger partial charge in [0.05, 0.1) is 5.54 Å². The summed E-state index contributed by atoms with van der Waals surface area (Å²) in [5, 5.41) is 0. The van der Waals surface area contributed by atoms with Crippen molar-refractivity contribution in [2.75, 3.05) is 33.7 Å². The van der Waals surface area contributed by atoms with Gasteiger partial charge in [0.1, 0.15) is 0 Å². The van der Waals surface area contributed by atoms with Crippen molar-refractivity contribution in [1.82, 2.24) is 9.80 Å². The number of nitrogens with zero attached hydrogens (tertiary/aromatic N) is 2. The summed E-state index contributed by atoms with van der Waals surface area (Å²) in [6.45, 7) is 7.72. The highest BCUT2D eigenvalue weighted by molar-refractivity contribution is 5.08. The van der Waals surface area contributed by atoms with Crippen molar-refractivity contribution in [2.45, 2.75) is 19.4 Å². The van der Waals surface area contributed by atoms with E-state index in [2.05, 4.69) is 43.7 Å². The fraction of sp³-hybridized carbons (Fsp3) is 0.818. The van der Waals surface area contributed by atoms with Crippen LogP contribution in [0, 0.1) is 18.3 Å². The number of rotatable bonds is 3. The SMILES string of the molecule is C#CC(C)(C)N(C)CC1CN(C)C1. The zero-order chi connectivity index (χ0) is 10.1. The monoisotopic (exact) mass is 180 g/mol. The maximum Gasteiger partial charge on any atom is 0.0763 e. The van der Waals surface area contributed by atoms with Crippen molar-refractivity contribution < 1.29 is 0 Å². The third-order valence-electron chi connectivity index (χ3n) is 2.98. The molecule has 1 aliphatic rings. The van der Waals surface area contributed by atoms with Crippen LogP contribution < -0.4 is 0 Å². The van der Waals surface area contributed by atoms with E-state index in [0.29, 0.717) is 0 Å². The van der Waals surface area contributed by atoms with Crippen molar-refractivity contribution in [3.05, 3.63) is 0 Å². The first-order valence-electron chi connectivity index (χ1n) is 4.83. The van der Waals surface area contributed by atoms with Crippen LogP contribution in [0.15, 0.2) is 0 Å². The van der Waals surface area contributed by atoms with Gasteiger partial charge >= 0.3 is 0 Å². The summed E-state index contributed by atoms with van der Waals surface area (Å²) in [6, 6.07) is 0. The Balaban J connectivity index is 2.34. The van der Waals surface area contributed by atoms with Gasteiger partial charge in [-0.1, -0.05) is 5.92 Å². The van der Waals surface area contributed by atoms with E-state index in [4.69, 9.17) is 6.42 Å². The van der Waals surface area contributed by atoms with E-state index in [9.17, 15) is 0 Å². The minimum Gasteiger partial charge on any atom is -0.306 e. The molecule has 0 unspecified atom stereocenters. The van der Waals surface area contributed by atoms with E-state index < -0.39 is 0 Å². The molecule has 0 radical (unpaired) electrons. The molecule has 74 valence electrons. The summed E-state index contributed by atoms with van der Waals surface area (Å²) in [5.41, 5.74) is -0.103. The highest BCUT2D eigenvalue weighted by Crippen LogP contribution is 2.18. The predicted molar refractivity (Wildman–Crippen MR) is 56.5 cm³/mol. The van der Waals surface area contributed by atoms with Gasteiger partial charge in [-0.2, -0.15) is 0 Å². The van der Waals surface area contributed by atoms with E-state index in [-0.39, 0.29) is 5.54 Å². The highest BCUT2D eigenvalue weighted by atomic mass is 15.2. The molecule has 2 nitrogen and oxygen atoms in total. The average molecular weight is 180 g/mol. The van der Waals surface area contributed by atoms with Crippen molar-refractivity contribution >= 4 is 0 Å². The molecule has 0 aromatic rings. The second-order valence-corrected chi connectivity index (χ2v) is 4.67. The molecular formula is C11H20N2. The van der Waals surface area contributed by atoms with E-state index >= 15 is 0 Å². The predicted octanol–water partition coefficient (Wildman–Crippen LogP) is 0.892. The van der Waals surface area contributed by atoms with Crippen LogP contribution in [0.5, 0.6) is 0 Å². The molecule has 0 N–H and O–H groups in total. The maximum atomic E-state index is 5.47. The first-order chi connectivity index (χ1) is 5.95. The summed E-state index contributed by atoms with van der Waals surface area (Å²) in [7, 11) is 4.26. The van der Waals surface area contributed by atoms with Crippen LogP contribution in [0.2, 0.25) is 0 Å². The lowest BCUT2D eigenvalue weighted by Crippen LogP contribution is -2.52. The summed E-state index contributed by atoms with van der Waals surface area (Å²) in [5.74, 6) is 3.63. The quantitative estimate of drug-likeness (QED) is 0.595. The van der Waals surface area contributed by atoms with Crippen LogP contribution in [-0.2, 0) is 0 Å². The van der Waals surface area contributed by atoms with Gasteiger partial charge in [0.25, 0.3) is 0 Å². The van der Waals surface area contributed by atoms with E-state index in [1.165, 1.54) is 13.1 Å². The Bertz CT molecular complexity index is 209. The molecule has 1 heterocycles. The van der Waals surface area contributed by atoms with Crippen LogP contribution in [0.4, 0.5) is 0 Å². The topological polar surface area (TPSA) is 6.48 Å². The first kappa shape index (κ1) is 10.6. The molecule has 13 heavy (non-hydrogen) atoms. The van der Waals surface area contributed by atoms with Crippen LogP contribution in [0.25, 0.3) is 0 Å². The van der Waals surface area contributed by atoms with Gasteiger partial charge < -0.3 is 4.90 Å². The van der Waals surface area contributed by atoms with Crippen molar-refractivity contribution in [2.24, 2.45) is 5.92 Å². The molecular weight excluding hydrogens is 160 g/mol. The maximum absolute atomic E-state index is 5.47. The lowest BCUT2D eigenvalue weighted by atomic mass is 9.97. The molecule has 1 fully saturated rings. The summed E-state index contributed by atoms with van der Waals surface area (Å²) < 4.78 is 0. The number of terminal acetylenes is 1. The average Bonchev–Trinajstić information content (AvgIpc) is 2.01. The van der Waals surface area contributed by atoms with Crippen molar-refractivity contribution in [3.8, 4) is 12.3 Å². The molecule has 0 saturated carbocycles. The number of hydrogen-bond acceptors (Lipinski definition) is 2. The Kier molecular flexibility index (Phi) is 3.00. The third-order valence-corrected chi connectivity index (χ3v) is 2.98. The normalized spacial score (nSPS) is 20.0. The van der Waals surface area contributed by atoms with Crippen molar-refractivity contribution in [3.63, 3.8) is 0 Å². The zero-order valence-corrected chi connectivity index (χ0v) is 9.17. The minimum absolute atomic E-state index is 0.103. The van der Waals surface area contributed by atoms with Gasteiger partial charge in [-0.15, -0.1) is 6.42 Å².